The van der Waals surface area contributed by atoms with Gasteiger partial charge in [-0.2, -0.15) is 0 Å². The molecule has 0 saturated carbocycles. The van der Waals surface area contributed by atoms with Crippen LogP contribution in [0, 0.1) is 6.92 Å². The molecule has 0 radical (unpaired) electrons. The Morgan fingerprint density at radius 1 is 1.19 bits per heavy atom. The summed E-state index contributed by atoms with van der Waals surface area (Å²) in [5, 5.41) is 3.81. The number of hydrogen-bond donors (Lipinski definition) is 2. The van der Waals surface area contributed by atoms with Gasteiger partial charge in [-0.25, -0.2) is 4.98 Å². The van der Waals surface area contributed by atoms with Gasteiger partial charge in [0, 0.05) is 27.7 Å². The largest absolute Gasteiger partial charge is 0.326 e. The highest BCUT2D eigenvalue weighted by molar-refractivity contribution is 7.98. The number of carbonyl (C=O) groups excluding carboxylic acids is 1. The van der Waals surface area contributed by atoms with Crippen LogP contribution in [0.15, 0.2) is 64.5 Å². The molecule has 0 aliphatic heterocycles. The lowest BCUT2D eigenvalue weighted by molar-refractivity contribution is -0.115. The first-order valence-corrected chi connectivity index (χ1v) is 9.69. The van der Waals surface area contributed by atoms with Gasteiger partial charge >= 0.3 is 0 Å². The number of hydrogen-bond acceptors (Lipinski definition) is 4. The Morgan fingerprint density at radius 2 is 1.96 bits per heavy atom. The Labute approximate surface area is 166 Å². The van der Waals surface area contributed by atoms with Crippen LogP contribution in [0.1, 0.15) is 16.8 Å². The zero-order chi connectivity index (χ0) is 19.2. The topological polar surface area (TPSA) is 74.8 Å². The summed E-state index contributed by atoms with van der Waals surface area (Å²) in [6, 6.07) is 16.8. The van der Waals surface area contributed by atoms with Gasteiger partial charge in [-0.15, -0.1) is 0 Å². The van der Waals surface area contributed by atoms with E-state index in [0.29, 0.717) is 32.9 Å². The molecule has 0 bridgehead atoms. The van der Waals surface area contributed by atoms with Crippen LogP contribution in [-0.4, -0.2) is 15.9 Å². The molecule has 138 valence electrons. The standard InChI is InChI=1S/C20H18ClN3O2S/c1-13-17(11-18(25)23-16-9-5-8-15(21)10-16)19(26)24-20(22-13)27-12-14-6-3-2-4-7-14/h2-10H,11-12H2,1H3,(H,23,25)(H,22,24,26). The van der Waals surface area contributed by atoms with Gasteiger partial charge in [0.25, 0.3) is 5.56 Å². The van der Waals surface area contributed by atoms with E-state index in [1.165, 1.54) is 11.8 Å². The highest BCUT2D eigenvalue weighted by atomic mass is 35.5. The number of aromatic amines is 1. The molecule has 0 saturated heterocycles. The third-order valence-corrected chi connectivity index (χ3v) is 5.04. The first-order chi connectivity index (χ1) is 13.0. The van der Waals surface area contributed by atoms with Crippen LogP contribution in [0.25, 0.3) is 0 Å². The third-order valence-electron chi connectivity index (χ3n) is 3.86. The second-order valence-corrected chi connectivity index (χ2v) is 7.35. The van der Waals surface area contributed by atoms with Crippen molar-refractivity contribution in [1.29, 1.82) is 0 Å². The Hall–Kier alpha value is -2.57. The Bertz CT molecular complexity index is 1010. The predicted molar refractivity (Wildman–Crippen MR) is 109 cm³/mol. The van der Waals surface area contributed by atoms with Gasteiger partial charge in [-0.1, -0.05) is 59.8 Å². The molecule has 0 atom stereocenters. The quantitative estimate of drug-likeness (QED) is 0.481. The van der Waals surface area contributed by atoms with Crippen molar-refractivity contribution in [3.8, 4) is 0 Å². The molecular weight excluding hydrogens is 382 g/mol. The molecule has 0 spiro atoms. The number of amides is 1. The van der Waals surface area contributed by atoms with Crippen molar-refractivity contribution >= 4 is 35.0 Å². The molecule has 0 unspecified atom stereocenters. The van der Waals surface area contributed by atoms with Crippen LogP contribution >= 0.6 is 23.4 Å². The van der Waals surface area contributed by atoms with E-state index in [2.05, 4.69) is 15.3 Å². The number of rotatable bonds is 6. The maximum Gasteiger partial charge on any atom is 0.255 e. The van der Waals surface area contributed by atoms with E-state index in [1.54, 1.807) is 31.2 Å². The number of halogens is 1. The van der Waals surface area contributed by atoms with Gasteiger partial charge in [0.2, 0.25) is 5.91 Å². The summed E-state index contributed by atoms with van der Waals surface area (Å²) in [6.45, 7) is 1.74. The Balaban J connectivity index is 1.67. The van der Waals surface area contributed by atoms with Crippen molar-refractivity contribution in [1.82, 2.24) is 9.97 Å². The number of anilines is 1. The Kier molecular flexibility index (Phi) is 6.32. The average molecular weight is 400 g/mol. The summed E-state index contributed by atoms with van der Waals surface area (Å²) in [5.41, 5.74) is 2.35. The fourth-order valence-corrected chi connectivity index (χ4v) is 3.57. The summed E-state index contributed by atoms with van der Waals surface area (Å²) in [7, 11) is 0. The minimum atomic E-state index is -0.294. The minimum Gasteiger partial charge on any atom is -0.326 e. The maximum atomic E-state index is 12.4. The van der Waals surface area contributed by atoms with Crippen LogP contribution < -0.4 is 10.9 Å². The monoisotopic (exact) mass is 399 g/mol. The molecule has 3 rings (SSSR count). The van der Waals surface area contributed by atoms with Gasteiger partial charge < -0.3 is 10.3 Å². The van der Waals surface area contributed by atoms with E-state index in [1.807, 2.05) is 30.3 Å². The van der Waals surface area contributed by atoms with Crippen LogP contribution in [0.4, 0.5) is 5.69 Å². The lowest BCUT2D eigenvalue weighted by atomic mass is 10.1. The summed E-state index contributed by atoms with van der Waals surface area (Å²) >= 11 is 7.36. The van der Waals surface area contributed by atoms with E-state index >= 15 is 0 Å². The van der Waals surface area contributed by atoms with Crippen LogP contribution in [0.3, 0.4) is 0 Å². The van der Waals surface area contributed by atoms with Gasteiger partial charge in [0.05, 0.1) is 6.42 Å². The highest BCUT2D eigenvalue weighted by Crippen LogP contribution is 2.19. The normalized spacial score (nSPS) is 10.6. The van der Waals surface area contributed by atoms with Gasteiger partial charge in [0.15, 0.2) is 5.16 Å². The zero-order valence-electron chi connectivity index (χ0n) is 14.7. The number of H-pyrrole nitrogens is 1. The molecular formula is C20H18ClN3O2S. The molecule has 1 amide bonds. The number of aryl methyl sites for hydroxylation is 1. The lowest BCUT2D eigenvalue weighted by Gasteiger charge is -2.08. The fourth-order valence-electron chi connectivity index (χ4n) is 2.52. The van der Waals surface area contributed by atoms with Gasteiger partial charge in [-0.05, 0) is 30.7 Å². The van der Waals surface area contributed by atoms with Crippen molar-refractivity contribution < 1.29 is 4.79 Å². The Morgan fingerprint density at radius 3 is 2.67 bits per heavy atom. The molecule has 1 aromatic heterocycles. The first kappa shape index (κ1) is 19.2. The van der Waals surface area contributed by atoms with Gasteiger partial charge in [0.1, 0.15) is 0 Å². The third kappa shape index (κ3) is 5.45. The molecule has 0 aliphatic rings. The molecule has 2 aromatic carbocycles. The van der Waals surface area contributed by atoms with E-state index in [4.69, 9.17) is 11.6 Å². The zero-order valence-corrected chi connectivity index (χ0v) is 16.2. The smallest absolute Gasteiger partial charge is 0.255 e. The van der Waals surface area contributed by atoms with Gasteiger partial charge in [-0.3, -0.25) is 9.59 Å². The summed E-state index contributed by atoms with van der Waals surface area (Å²) in [6.07, 6.45) is -0.0513. The number of carbonyl (C=O) groups is 1. The summed E-state index contributed by atoms with van der Waals surface area (Å²) in [4.78, 5) is 31.8. The van der Waals surface area contributed by atoms with Crippen LogP contribution in [0.5, 0.6) is 0 Å². The van der Waals surface area contributed by atoms with Crippen molar-refractivity contribution in [3.05, 3.63) is 86.8 Å². The van der Waals surface area contributed by atoms with E-state index in [0.717, 1.165) is 5.56 Å². The van der Waals surface area contributed by atoms with Crippen molar-refractivity contribution in [2.24, 2.45) is 0 Å². The first-order valence-electron chi connectivity index (χ1n) is 8.33. The van der Waals surface area contributed by atoms with Crippen LogP contribution in [0.2, 0.25) is 5.02 Å². The fraction of sp³-hybridized carbons (Fsp3) is 0.150. The number of nitrogens with zero attached hydrogens (tertiary/aromatic N) is 1. The second kappa shape index (κ2) is 8.88. The minimum absolute atomic E-state index is 0.0513. The second-order valence-electron chi connectivity index (χ2n) is 5.94. The number of benzene rings is 2. The summed E-state index contributed by atoms with van der Waals surface area (Å²) < 4.78 is 0. The number of thioether (sulfide) groups is 1. The average Bonchev–Trinajstić information content (AvgIpc) is 2.64. The molecule has 1 heterocycles. The lowest BCUT2D eigenvalue weighted by Crippen LogP contribution is -2.23. The molecule has 3 aromatic rings. The molecule has 27 heavy (non-hydrogen) atoms. The summed E-state index contributed by atoms with van der Waals surface area (Å²) in [5.74, 6) is 0.412. The predicted octanol–water partition coefficient (Wildman–Crippen LogP) is 4.21. The van der Waals surface area contributed by atoms with Crippen molar-refractivity contribution in [3.63, 3.8) is 0 Å². The van der Waals surface area contributed by atoms with E-state index in [-0.39, 0.29) is 17.9 Å². The molecule has 5 nitrogen and oxygen atoms in total. The SMILES string of the molecule is Cc1nc(SCc2ccccc2)[nH]c(=O)c1CC(=O)Nc1cccc(Cl)c1. The van der Waals surface area contributed by atoms with Crippen molar-refractivity contribution in [2.45, 2.75) is 24.3 Å². The molecule has 7 heteroatoms. The number of aromatic nitrogens is 2. The van der Waals surface area contributed by atoms with Crippen molar-refractivity contribution in [2.75, 3.05) is 5.32 Å². The number of nitrogens with one attached hydrogen (secondary N) is 2. The maximum absolute atomic E-state index is 12.4. The molecule has 0 fully saturated rings. The van der Waals surface area contributed by atoms with E-state index in [9.17, 15) is 9.59 Å². The highest BCUT2D eigenvalue weighted by Gasteiger charge is 2.13. The van der Waals surface area contributed by atoms with E-state index < -0.39 is 0 Å². The van der Waals surface area contributed by atoms with Crippen LogP contribution in [-0.2, 0) is 17.0 Å². The molecule has 2 N–H and O–H groups in total. The molecule has 0 aliphatic carbocycles.